The first kappa shape index (κ1) is 16.9. The third-order valence-corrected chi connectivity index (χ3v) is 11.6. The molecule has 0 fully saturated rings. The Morgan fingerprint density at radius 3 is 1.35 bits per heavy atom. The lowest BCUT2D eigenvalue weighted by molar-refractivity contribution is 1.20. The highest BCUT2D eigenvalue weighted by Crippen LogP contribution is 2.94. The standard InChI is InChI=1S/C24H25NS/c25-26(18-10-11-19-26,24-16-8-3-9-17-24,20-22-12-4-1-5-13-22)21-23-14-6-2-7-15-23/h1-19H,20-21,25H2. The molecule has 1 heterocycles. The molecule has 3 aromatic carbocycles. The average molecular weight is 360 g/mol. The van der Waals surface area contributed by atoms with E-state index in [0.29, 0.717) is 0 Å². The number of hydrogen-bond acceptors (Lipinski definition) is 1. The summed E-state index contributed by atoms with van der Waals surface area (Å²) < 4.78 is 0. The smallest absolute Gasteiger partial charge is 0.0106 e. The van der Waals surface area contributed by atoms with Gasteiger partial charge in [0.05, 0.1) is 0 Å². The molecule has 0 bridgehead atoms. The van der Waals surface area contributed by atoms with Crippen molar-refractivity contribution in [2.45, 2.75) is 16.4 Å². The molecule has 1 nitrogen and oxygen atoms in total. The quantitative estimate of drug-likeness (QED) is 0.573. The van der Waals surface area contributed by atoms with E-state index in [9.17, 15) is 0 Å². The predicted octanol–water partition coefficient (Wildman–Crippen LogP) is 6.24. The molecular weight excluding hydrogens is 334 g/mol. The van der Waals surface area contributed by atoms with E-state index in [1.165, 1.54) is 16.0 Å². The molecule has 132 valence electrons. The Labute approximate surface area is 155 Å². The Bertz CT molecular complexity index is 915. The van der Waals surface area contributed by atoms with Crippen LogP contribution in [0.5, 0.6) is 0 Å². The van der Waals surface area contributed by atoms with Gasteiger partial charge in [0.1, 0.15) is 0 Å². The average Bonchev–Trinajstić information content (AvgIpc) is 3.05. The van der Waals surface area contributed by atoms with E-state index in [-0.39, 0.29) is 0 Å². The summed E-state index contributed by atoms with van der Waals surface area (Å²) in [5, 5.41) is 12.4. The number of hydrogen-bond donors (Lipinski definition) is 1. The third-order valence-electron chi connectivity index (χ3n) is 5.46. The third kappa shape index (κ3) is 2.63. The van der Waals surface area contributed by atoms with Crippen molar-refractivity contribution in [1.29, 1.82) is 0 Å². The summed E-state index contributed by atoms with van der Waals surface area (Å²) in [6.07, 6.45) is 4.28. The molecule has 0 aromatic heterocycles. The van der Waals surface area contributed by atoms with Crippen molar-refractivity contribution in [1.82, 2.24) is 0 Å². The van der Waals surface area contributed by atoms with Gasteiger partial charge in [-0.05, 0) is 39.0 Å². The molecule has 0 atom stereocenters. The highest BCUT2D eigenvalue weighted by atomic mass is 32.4. The van der Waals surface area contributed by atoms with E-state index in [1.54, 1.807) is 0 Å². The Hall–Kier alpha value is -2.55. The first-order valence-corrected chi connectivity index (χ1v) is 11.9. The summed E-state index contributed by atoms with van der Waals surface area (Å²) in [6.45, 7) is 0. The summed E-state index contributed by atoms with van der Waals surface area (Å²) in [5.74, 6) is 1.62. The SMILES string of the molecule is NS1(Cc2ccccc2)(Cc2ccccc2)(c2ccccc2)C=CC=C1. The lowest BCUT2D eigenvalue weighted by Gasteiger charge is -2.72. The Balaban J connectivity index is 1.99. The zero-order chi connectivity index (χ0) is 18.0. The molecule has 0 radical (unpaired) electrons. The van der Waals surface area contributed by atoms with Crippen molar-refractivity contribution in [3.05, 3.63) is 125 Å². The highest BCUT2D eigenvalue weighted by Gasteiger charge is 2.55. The molecular formula is C24H25NS. The maximum absolute atomic E-state index is 7.74. The van der Waals surface area contributed by atoms with Crippen LogP contribution in [0.4, 0.5) is 0 Å². The van der Waals surface area contributed by atoms with Gasteiger partial charge >= 0.3 is 0 Å². The molecule has 2 heteroatoms. The minimum atomic E-state index is -3.37. The normalized spacial score (nSPS) is 21.3. The molecule has 3 aromatic rings. The van der Waals surface area contributed by atoms with E-state index >= 15 is 0 Å². The van der Waals surface area contributed by atoms with Crippen molar-refractivity contribution in [3.8, 4) is 0 Å². The van der Waals surface area contributed by atoms with Crippen LogP contribution in [0, 0.1) is 0 Å². The molecule has 2 N–H and O–H groups in total. The van der Waals surface area contributed by atoms with E-state index in [1.807, 2.05) is 0 Å². The van der Waals surface area contributed by atoms with Crippen LogP contribution in [-0.2, 0) is 11.5 Å². The molecule has 1 aliphatic heterocycles. The largest absolute Gasteiger partial charge is 0.297 e. The van der Waals surface area contributed by atoms with Gasteiger partial charge in [-0.15, -0.1) is 0 Å². The van der Waals surface area contributed by atoms with Crippen LogP contribution in [0.25, 0.3) is 0 Å². The van der Waals surface area contributed by atoms with Crippen LogP contribution >= 0.6 is 8.48 Å². The minimum Gasteiger partial charge on any atom is -0.297 e. The Kier molecular flexibility index (Phi) is 3.72. The molecule has 26 heavy (non-hydrogen) atoms. The van der Waals surface area contributed by atoms with Crippen LogP contribution in [-0.4, -0.2) is 0 Å². The highest BCUT2D eigenvalue weighted by molar-refractivity contribution is 8.66. The van der Waals surface area contributed by atoms with Gasteiger partial charge in [0.15, 0.2) is 0 Å². The molecule has 0 unspecified atom stereocenters. The van der Waals surface area contributed by atoms with Crippen molar-refractivity contribution >= 4 is 8.48 Å². The van der Waals surface area contributed by atoms with Crippen molar-refractivity contribution < 1.29 is 0 Å². The second-order valence-corrected chi connectivity index (χ2v) is 13.6. The zero-order valence-electron chi connectivity index (χ0n) is 14.9. The van der Waals surface area contributed by atoms with Crippen molar-refractivity contribution in [3.63, 3.8) is 0 Å². The minimum absolute atomic E-state index is 0.812. The Morgan fingerprint density at radius 1 is 0.538 bits per heavy atom. The summed E-state index contributed by atoms with van der Waals surface area (Å²) >= 11 is 0. The first-order valence-electron chi connectivity index (χ1n) is 8.93. The van der Waals surface area contributed by atoms with Gasteiger partial charge in [-0.25, -0.2) is 0 Å². The maximum Gasteiger partial charge on any atom is 0.0106 e. The van der Waals surface area contributed by atoms with E-state index in [0.717, 1.165) is 11.5 Å². The fourth-order valence-corrected chi connectivity index (χ4v) is 9.89. The molecule has 1 aliphatic rings. The molecule has 0 saturated heterocycles. The molecule has 0 spiro atoms. The zero-order valence-corrected chi connectivity index (χ0v) is 15.7. The molecule has 0 amide bonds. The maximum atomic E-state index is 7.74. The van der Waals surface area contributed by atoms with Crippen molar-refractivity contribution in [2.75, 3.05) is 0 Å². The van der Waals surface area contributed by atoms with Gasteiger partial charge in [-0.2, -0.15) is 8.48 Å². The molecule has 0 saturated carbocycles. The topological polar surface area (TPSA) is 26.0 Å². The lowest BCUT2D eigenvalue weighted by Crippen LogP contribution is -2.43. The monoisotopic (exact) mass is 359 g/mol. The van der Waals surface area contributed by atoms with Gasteiger partial charge in [-0.1, -0.05) is 91.0 Å². The lowest BCUT2D eigenvalue weighted by atomic mass is 10.2. The number of nitrogens with two attached hydrogens (primary N) is 1. The second kappa shape index (κ2) is 5.73. The van der Waals surface area contributed by atoms with Crippen molar-refractivity contribution in [2.24, 2.45) is 5.14 Å². The van der Waals surface area contributed by atoms with Crippen LogP contribution in [0.15, 0.2) is 119 Å². The summed E-state index contributed by atoms with van der Waals surface area (Å²) in [7, 11) is -3.37. The molecule has 4 rings (SSSR count). The van der Waals surface area contributed by atoms with Gasteiger partial charge in [0, 0.05) is 11.5 Å². The van der Waals surface area contributed by atoms with Gasteiger partial charge in [0.25, 0.3) is 0 Å². The number of allylic oxidation sites excluding steroid dienone is 2. The first-order chi connectivity index (χ1) is 12.6. The van der Waals surface area contributed by atoms with Gasteiger partial charge in [-0.3, -0.25) is 5.14 Å². The van der Waals surface area contributed by atoms with E-state index in [2.05, 4.69) is 114 Å². The van der Waals surface area contributed by atoms with E-state index < -0.39 is 8.48 Å². The Morgan fingerprint density at radius 2 is 0.923 bits per heavy atom. The fraction of sp³-hybridized carbons (Fsp3) is 0.0833. The summed E-state index contributed by atoms with van der Waals surface area (Å²) in [5.41, 5.74) is 2.54. The predicted molar refractivity (Wildman–Crippen MR) is 115 cm³/mol. The summed E-state index contributed by atoms with van der Waals surface area (Å²) in [6, 6.07) is 31.9. The van der Waals surface area contributed by atoms with Gasteiger partial charge in [0.2, 0.25) is 0 Å². The van der Waals surface area contributed by atoms with Crippen LogP contribution in [0.2, 0.25) is 0 Å². The van der Waals surface area contributed by atoms with Crippen LogP contribution in [0.1, 0.15) is 11.1 Å². The number of benzene rings is 3. The summed E-state index contributed by atoms with van der Waals surface area (Å²) in [4.78, 5) is 1.23. The number of rotatable bonds is 5. The van der Waals surface area contributed by atoms with E-state index in [4.69, 9.17) is 5.14 Å². The van der Waals surface area contributed by atoms with Crippen LogP contribution in [0.3, 0.4) is 0 Å². The van der Waals surface area contributed by atoms with Crippen LogP contribution < -0.4 is 5.14 Å². The van der Waals surface area contributed by atoms with Gasteiger partial charge < -0.3 is 0 Å². The second-order valence-electron chi connectivity index (χ2n) is 7.48. The fourth-order valence-electron chi connectivity index (χ4n) is 4.16. The molecule has 0 aliphatic carbocycles.